The number of halogens is 2. The van der Waals surface area contributed by atoms with Crippen molar-refractivity contribution in [3.63, 3.8) is 0 Å². The van der Waals surface area contributed by atoms with Crippen LogP contribution < -0.4 is 0 Å². The van der Waals surface area contributed by atoms with E-state index in [0.29, 0.717) is 4.95 Å². The molecule has 0 aromatic heterocycles. The molecule has 1 unspecified atom stereocenters. The zero-order valence-electron chi connectivity index (χ0n) is 6.22. The second-order valence-electron chi connectivity index (χ2n) is 2.19. The number of nitrogens with zero attached hydrogens (tertiary/aromatic N) is 1. The summed E-state index contributed by atoms with van der Waals surface area (Å²) in [6, 6.07) is 0. The molecular formula is C6H15Br2N. The van der Waals surface area contributed by atoms with E-state index in [9.17, 15) is 0 Å². The standard InChI is InChI=1S/C6H14BrN.BrH/c1-4-5-6(7)8(2)3;/h6H,4-5H2,1-3H3;1H. The summed E-state index contributed by atoms with van der Waals surface area (Å²) < 4.78 is 0. The zero-order chi connectivity index (χ0) is 6.57. The fourth-order valence-electron chi connectivity index (χ4n) is 0.496. The van der Waals surface area contributed by atoms with Crippen molar-refractivity contribution in [2.45, 2.75) is 24.7 Å². The number of hydrogen-bond donors (Lipinski definition) is 0. The highest BCUT2D eigenvalue weighted by molar-refractivity contribution is 9.09. The van der Waals surface area contributed by atoms with Crippen molar-refractivity contribution in [1.29, 1.82) is 0 Å². The first-order chi connectivity index (χ1) is 3.68. The lowest BCUT2D eigenvalue weighted by molar-refractivity contribution is 0.372. The van der Waals surface area contributed by atoms with Gasteiger partial charge in [-0.1, -0.05) is 29.3 Å². The molecule has 0 radical (unpaired) electrons. The summed E-state index contributed by atoms with van der Waals surface area (Å²) in [5, 5.41) is 0. The molecule has 9 heavy (non-hydrogen) atoms. The van der Waals surface area contributed by atoms with E-state index in [2.05, 4.69) is 41.8 Å². The average Bonchev–Trinajstić information content (AvgIpc) is 1.67. The van der Waals surface area contributed by atoms with Crippen LogP contribution in [0.15, 0.2) is 0 Å². The molecule has 0 heterocycles. The molecule has 58 valence electrons. The molecule has 1 atom stereocenters. The highest BCUT2D eigenvalue weighted by Crippen LogP contribution is 2.08. The molecule has 1 nitrogen and oxygen atoms in total. The van der Waals surface area contributed by atoms with Gasteiger partial charge >= 0.3 is 0 Å². The number of hydrogen-bond acceptors (Lipinski definition) is 1. The molecular weight excluding hydrogens is 246 g/mol. The van der Waals surface area contributed by atoms with Gasteiger partial charge in [0.25, 0.3) is 0 Å². The van der Waals surface area contributed by atoms with Crippen molar-refractivity contribution < 1.29 is 0 Å². The van der Waals surface area contributed by atoms with Crippen LogP contribution in [0.5, 0.6) is 0 Å². The Morgan fingerprint density at radius 3 is 2.00 bits per heavy atom. The van der Waals surface area contributed by atoms with E-state index < -0.39 is 0 Å². The van der Waals surface area contributed by atoms with Gasteiger partial charge in [0.05, 0.1) is 4.95 Å². The smallest absolute Gasteiger partial charge is 0.0650 e. The van der Waals surface area contributed by atoms with Crippen molar-refractivity contribution in [2.75, 3.05) is 14.1 Å². The Morgan fingerprint density at radius 2 is 1.89 bits per heavy atom. The molecule has 0 aliphatic heterocycles. The Kier molecular flexibility index (Phi) is 9.83. The van der Waals surface area contributed by atoms with Crippen LogP contribution in [0.1, 0.15) is 19.8 Å². The maximum absolute atomic E-state index is 3.53. The minimum absolute atomic E-state index is 0. The molecule has 0 amide bonds. The molecule has 0 saturated carbocycles. The third-order valence-electron chi connectivity index (χ3n) is 1.09. The van der Waals surface area contributed by atoms with Gasteiger partial charge in [-0.05, 0) is 20.5 Å². The van der Waals surface area contributed by atoms with Gasteiger partial charge in [0.2, 0.25) is 0 Å². The summed E-state index contributed by atoms with van der Waals surface area (Å²) in [5.41, 5.74) is 0. The van der Waals surface area contributed by atoms with Crippen LogP contribution >= 0.6 is 32.9 Å². The highest BCUT2D eigenvalue weighted by Gasteiger charge is 2.02. The Balaban J connectivity index is 0. The minimum atomic E-state index is 0. The van der Waals surface area contributed by atoms with Crippen molar-refractivity contribution >= 4 is 32.9 Å². The van der Waals surface area contributed by atoms with Gasteiger partial charge in [-0.25, -0.2) is 0 Å². The second-order valence-corrected chi connectivity index (χ2v) is 3.24. The Labute approximate surface area is 76.7 Å². The largest absolute Gasteiger partial charge is 0.297 e. The fourth-order valence-corrected chi connectivity index (χ4v) is 0.954. The lowest BCUT2D eigenvalue weighted by Crippen LogP contribution is -2.20. The van der Waals surface area contributed by atoms with Crippen LogP contribution in [0.2, 0.25) is 0 Å². The van der Waals surface area contributed by atoms with Crippen LogP contribution in [0.3, 0.4) is 0 Å². The van der Waals surface area contributed by atoms with Crippen LogP contribution in [-0.4, -0.2) is 23.9 Å². The second kappa shape index (κ2) is 7.03. The molecule has 0 fully saturated rings. The molecule has 0 saturated heterocycles. The van der Waals surface area contributed by atoms with E-state index in [-0.39, 0.29) is 17.0 Å². The van der Waals surface area contributed by atoms with Gasteiger partial charge in [0, 0.05) is 0 Å². The predicted molar refractivity (Wildman–Crippen MR) is 51.6 cm³/mol. The van der Waals surface area contributed by atoms with Gasteiger partial charge in [0.1, 0.15) is 0 Å². The van der Waals surface area contributed by atoms with E-state index in [4.69, 9.17) is 0 Å². The predicted octanol–water partition coefficient (Wildman–Crippen LogP) is 2.65. The fraction of sp³-hybridized carbons (Fsp3) is 1.00. The summed E-state index contributed by atoms with van der Waals surface area (Å²) in [6.07, 6.45) is 2.47. The quantitative estimate of drug-likeness (QED) is 0.557. The topological polar surface area (TPSA) is 3.24 Å². The molecule has 0 aromatic rings. The minimum Gasteiger partial charge on any atom is -0.297 e. The van der Waals surface area contributed by atoms with Crippen LogP contribution in [0, 0.1) is 0 Å². The van der Waals surface area contributed by atoms with E-state index in [1.807, 2.05) is 0 Å². The third-order valence-corrected chi connectivity index (χ3v) is 2.36. The van der Waals surface area contributed by atoms with Crippen molar-refractivity contribution in [3.8, 4) is 0 Å². The van der Waals surface area contributed by atoms with Crippen molar-refractivity contribution in [2.24, 2.45) is 0 Å². The SMILES string of the molecule is Br.CCCC(Br)N(C)C. The molecule has 0 bridgehead atoms. The third kappa shape index (κ3) is 6.81. The lowest BCUT2D eigenvalue weighted by atomic mass is 10.3. The Hall–Kier alpha value is 0.920. The van der Waals surface area contributed by atoms with Gasteiger partial charge in [-0.2, -0.15) is 0 Å². The van der Waals surface area contributed by atoms with Crippen molar-refractivity contribution in [3.05, 3.63) is 0 Å². The molecule has 0 aliphatic rings. The van der Waals surface area contributed by atoms with Crippen LogP contribution in [0.4, 0.5) is 0 Å². The first kappa shape index (κ1) is 12.6. The number of alkyl halides is 1. The molecule has 0 N–H and O–H groups in total. The maximum Gasteiger partial charge on any atom is 0.0650 e. The monoisotopic (exact) mass is 259 g/mol. The van der Waals surface area contributed by atoms with E-state index >= 15 is 0 Å². The normalized spacial score (nSPS) is 13.0. The summed E-state index contributed by atoms with van der Waals surface area (Å²) in [4.78, 5) is 2.73. The molecule has 3 heteroatoms. The van der Waals surface area contributed by atoms with Gasteiger partial charge in [0.15, 0.2) is 0 Å². The van der Waals surface area contributed by atoms with Crippen LogP contribution in [-0.2, 0) is 0 Å². The molecule has 0 rings (SSSR count). The molecule has 0 spiro atoms. The van der Waals surface area contributed by atoms with E-state index in [1.165, 1.54) is 12.8 Å². The Bertz CT molecular complexity index is 57.0. The molecule has 0 aromatic carbocycles. The summed E-state index contributed by atoms with van der Waals surface area (Å²) in [7, 11) is 4.16. The maximum atomic E-state index is 3.53. The van der Waals surface area contributed by atoms with E-state index in [0.717, 1.165) is 0 Å². The first-order valence-corrected chi connectivity index (χ1v) is 3.90. The summed E-state index contributed by atoms with van der Waals surface area (Å²) in [6.45, 7) is 2.19. The van der Waals surface area contributed by atoms with Gasteiger partial charge in [-0.3, -0.25) is 4.90 Å². The average molecular weight is 261 g/mol. The van der Waals surface area contributed by atoms with Gasteiger partial charge in [-0.15, -0.1) is 17.0 Å². The number of rotatable bonds is 3. The van der Waals surface area contributed by atoms with Crippen molar-refractivity contribution in [1.82, 2.24) is 4.90 Å². The Morgan fingerprint density at radius 1 is 1.44 bits per heavy atom. The summed E-state index contributed by atoms with van der Waals surface area (Å²) >= 11 is 3.53. The van der Waals surface area contributed by atoms with Gasteiger partial charge < -0.3 is 0 Å². The summed E-state index contributed by atoms with van der Waals surface area (Å²) in [5.74, 6) is 0. The zero-order valence-corrected chi connectivity index (χ0v) is 9.52. The van der Waals surface area contributed by atoms with E-state index in [1.54, 1.807) is 0 Å². The first-order valence-electron chi connectivity index (χ1n) is 2.99. The molecule has 0 aliphatic carbocycles. The van der Waals surface area contributed by atoms with Crippen LogP contribution in [0.25, 0.3) is 0 Å². The lowest BCUT2D eigenvalue weighted by Gasteiger charge is -2.15. The highest BCUT2D eigenvalue weighted by atomic mass is 79.9.